The second-order valence-corrected chi connectivity index (χ2v) is 11.5. The lowest BCUT2D eigenvalue weighted by Gasteiger charge is -2.14. The Hall–Kier alpha value is -2.12. The number of carbonyl (C=O) groups excluding carboxylic acids is 1. The van der Waals surface area contributed by atoms with Crippen molar-refractivity contribution in [3.8, 4) is 17.2 Å². The van der Waals surface area contributed by atoms with Gasteiger partial charge in [0.1, 0.15) is 11.5 Å². The van der Waals surface area contributed by atoms with E-state index in [0.717, 1.165) is 5.56 Å². The van der Waals surface area contributed by atoms with Crippen LogP contribution in [0.1, 0.15) is 27.0 Å². The SMILES string of the molecule is COC(=O)c1cccc(Cc2cc(Oc3c(Br)cc(CP(C)(=O)O)cc3Br)ccc2O)c1. The van der Waals surface area contributed by atoms with Crippen LogP contribution >= 0.6 is 39.2 Å². The van der Waals surface area contributed by atoms with Crippen LogP contribution in [0, 0.1) is 0 Å². The highest BCUT2D eigenvalue weighted by Crippen LogP contribution is 2.44. The molecular formula is C23H21Br2O6P. The van der Waals surface area contributed by atoms with Crippen molar-refractivity contribution in [2.24, 2.45) is 0 Å². The number of hydrogen-bond donors (Lipinski definition) is 2. The van der Waals surface area contributed by atoms with E-state index >= 15 is 0 Å². The minimum absolute atomic E-state index is 0.0540. The third kappa shape index (κ3) is 6.45. The molecule has 1 atom stereocenters. The van der Waals surface area contributed by atoms with Gasteiger partial charge in [0, 0.05) is 24.8 Å². The van der Waals surface area contributed by atoms with E-state index in [-0.39, 0.29) is 11.9 Å². The molecule has 0 amide bonds. The maximum Gasteiger partial charge on any atom is 0.337 e. The summed E-state index contributed by atoms with van der Waals surface area (Å²) in [5.74, 6) is 0.684. The van der Waals surface area contributed by atoms with Gasteiger partial charge in [-0.25, -0.2) is 4.79 Å². The van der Waals surface area contributed by atoms with Gasteiger partial charge < -0.3 is 19.5 Å². The molecule has 9 heteroatoms. The summed E-state index contributed by atoms with van der Waals surface area (Å²) in [6, 6.07) is 15.4. The van der Waals surface area contributed by atoms with E-state index < -0.39 is 13.3 Å². The molecule has 0 spiro atoms. The molecule has 0 saturated heterocycles. The van der Waals surface area contributed by atoms with Crippen LogP contribution in [0.2, 0.25) is 0 Å². The molecule has 0 aromatic heterocycles. The molecule has 0 aliphatic carbocycles. The summed E-state index contributed by atoms with van der Waals surface area (Å²) in [7, 11) is -1.88. The zero-order valence-corrected chi connectivity index (χ0v) is 21.4. The van der Waals surface area contributed by atoms with Crippen LogP contribution in [0.4, 0.5) is 0 Å². The molecule has 32 heavy (non-hydrogen) atoms. The van der Waals surface area contributed by atoms with Crippen molar-refractivity contribution in [3.63, 3.8) is 0 Å². The first kappa shape index (κ1) is 24.5. The number of rotatable bonds is 7. The quantitative estimate of drug-likeness (QED) is 0.244. The second-order valence-electron chi connectivity index (χ2n) is 7.36. The van der Waals surface area contributed by atoms with Gasteiger partial charge in [0.15, 0.2) is 5.75 Å². The smallest absolute Gasteiger partial charge is 0.337 e. The number of hydrogen-bond acceptors (Lipinski definition) is 5. The first-order valence-electron chi connectivity index (χ1n) is 9.50. The molecule has 1 unspecified atom stereocenters. The standard InChI is InChI=1S/C23H21Br2O6P/c1-30-23(27)16-5-3-4-14(8-16)9-17-12-18(6-7-21(17)26)31-22-19(24)10-15(11-20(22)25)13-32(2,28)29/h3-8,10-12,26H,9,13H2,1-2H3,(H,28,29). The normalized spacial score (nSPS) is 12.8. The highest BCUT2D eigenvalue weighted by molar-refractivity contribution is 9.11. The van der Waals surface area contributed by atoms with E-state index in [2.05, 4.69) is 31.9 Å². The van der Waals surface area contributed by atoms with Crippen LogP contribution in [0.15, 0.2) is 63.5 Å². The van der Waals surface area contributed by atoms with Crippen LogP contribution in [-0.4, -0.2) is 29.7 Å². The average Bonchev–Trinajstić information content (AvgIpc) is 2.71. The van der Waals surface area contributed by atoms with Crippen LogP contribution in [-0.2, 0) is 21.9 Å². The van der Waals surface area contributed by atoms with E-state index in [1.165, 1.54) is 13.8 Å². The van der Waals surface area contributed by atoms with Gasteiger partial charge >= 0.3 is 5.97 Å². The van der Waals surface area contributed by atoms with Crippen LogP contribution in [0.25, 0.3) is 0 Å². The fourth-order valence-corrected chi connectivity index (χ4v) is 5.47. The van der Waals surface area contributed by atoms with Crippen molar-refractivity contribution in [1.82, 2.24) is 0 Å². The summed E-state index contributed by atoms with van der Waals surface area (Å²) >= 11 is 6.92. The number of aromatic hydroxyl groups is 1. The monoisotopic (exact) mass is 582 g/mol. The Morgan fingerprint density at radius 2 is 1.72 bits per heavy atom. The lowest BCUT2D eigenvalue weighted by molar-refractivity contribution is 0.0600. The van der Waals surface area contributed by atoms with Crippen LogP contribution < -0.4 is 4.74 Å². The molecule has 3 aromatic rings. The van der Waals surface area contributed by atoms with Crippen LogP contribution in [0.5, 0.6) is 17.2 Å². The molecule has 0 aliphatic heterocycles. The molecule has 0 saturated carbocycles. The largest absolute Gasteiger partial charge is 0.508 e. The van der Waals surface area contributed by atoms with Gasteiger partial charge in [0.2, 0.25) is 7.37 Å². The summed E-state index contributed by atoms with van der Waals surface area (Å²) in [5.41, 5.74) is 2.59. The zero-order chi connectivity index (χ0) is 23.5. The summed E-state index contributed by atoms with van der Waals surface area (Å²) in [6.45, 7) is 1.32. The van der Waals surface area contributed by atoms with Crippen molar-refractivity contribution in [3.05, 3.63) is 85.8 Å². The zero-order valence-electron chi connectivity index (χ0n) is 17.3. The molecule has 2 N–H and O–H groups in total. The van der Waals surface area contributed by atoms with Crippen LogP contribution in [0.3, 0.4) is 0 Å². The minimum atomic E-state index is -3.21. The minimum Gasteiger partial charge on any atom is -0.508 e. The van der Waals surface area contributed by atoms with Crippen molar-refractivity contribution >= 4 is 45.2 Å². The first-order valence-corrected chi connectivity index (χ1v) is 13.4. The summed E-state index contributed by atoms with van der Waals surface area (Å²) in [4.78, 5) is 21.4. The molecule has 0 fully saturated rings. The third-order valence-corrected chi connectivity index (χ3v) is 6.68. The Labute approximate surface area is 202 Å². The maximum atomic E-state index is 11.8. The van der Waals surface area contributed by atoms with Gasteiger partial charge in [-0.3, -0.25) is 4.57 Å². The fraction of sp³-hybridized carbons (Fsp3) is 0.174. The predicted octanol–water partition coefficient (Wildman–Crippen LogP) is 6.49. The number of ether oxygens (including phenoxy) is 2. The third-order valence-electron chi connectivity index (χ3n) is 4.55. The van der Waals surface area contributed by atoms with E-state index in [1.807, 2.05) is 6.07 Å². The molecular weight excluding hydrogens is 563 g/mol. The molecule has 3 rings (SSSR count). The van der Waals surface area contributed by atoms with Crippen molar-refractivity contribution < 1.29 is 28.8 Å². The summed E-state index contributed by atoms with van der Waals surface area (Å²) in [5, 5.41) is 10.3. The lowest BCUT2D eigenvalue weighted by atomic mass is 10.0. The highest BCUT2D eigenvalue weighted by atomic mass is 79.9. The Balaban J connectivity index is 1.85. The molecule has 3 aromatic carbocycles. The first-order chi connectivity index (χ1) is 15.1. The van der Waals surface area contributed by atoms with Gasteiger partial charge in [0.05, 0.1) is 21.6 Å². The van der Waals surface area contributed by atoms with Gasteiger partial charge in [-0.15, -0.1) is 0 Å². The number of carbonyl (C=O) groups is 1. The van der Waals surface area contributed by atoms with Gasteiger partial charge in [0.25, 0.3) is 0 Å². The Bertz CT molecular complexity index is 1180. The van der Waals surface area contributed by atoms with E-state index in [4.69, 9.17) is 9.47 Å². The molecule has 6 nitrogen and oxygen atoms in total. The molecule has 0 heterocycles. The molecule has 168 valence electrons. The lowest BCUT2D eigenvalue weighted by Crippen LogP contribution is -2.02. The number of phenolic OH excluding ortho intramolecular Hbond substituents is 1. The van der Waals surface area contributed by atoms with Crippen molar-refractivity contribution in [2.45, 2.75) is 12.6 Å². The molecule has 0 bridgehead atoms. The summed E-state index contributed by atoms with van der Waals surface area (Å²) < 4.78 is 23.8. The number of benzene rings is 3. The Morgan fingerprint density at radius 3 is 2.34 bits per heavy atom. The number of halogens is 2. The highest BCUT2D eigenvalue weighted by Gasteiger charge is 2.16. The predicted molar refractivity (Wildman–Crippen MR) is 130 cm³/mol. The van der Waals surface area contributed by atoms with E-state index in [0.29, 0.717) is 43.6 Å². The van der Waals surface area contributed by atoms with E-state index in [1.54, 1.807) is 48.5 Å². The van der Waals surface area contributed by atoms with Gasteiger partial charge in [-0.05, 0) is 85.5 Å². The van der Waals surface area contributed by atoms with Gasteiger partial charge in [-0.2, -0.15) is 0 Å². The summed E-state index contributed by atoms with van der Waals surface area (Å²) in [6.07, 6.45) is 0.440. The Kier molecular flexibility index (Phi) is 7.83. The average molecular weight is 584 g/mol. The van der Waals surface area contributed by atoms with E-state index in [9.17, 15) is 19.4 Å². The molecule has 0 aliphatic rings. The number of phenols is 1. The maximum absolute atomic E-state index is 11.8. The number of methoxy groups -OCH3 is 1. The topological polar surface area (TPSA) is 93.1 Å². The van der Waals surface area contributed by atoms with Crippen molar-refractivity contribution in [2.75, 3.05) is 13.8 Å². The van der Waals surface area contributed by atoms with Crippen molar-refractivity contribution in [1.29, 1.82) is 0 Å². The fourth-order valence-electron chi connectivity index (χ4n) is 3.17. The Morgan fingerprint density at radius 1 is 1.03 bits per heavy atom. The second kappa shape index (κ2) is 10.2. The van der Waals surface area contributed by atoms with Gasteiger partial charge in [-0.1, -0.05) is 12.1 Å². The molecule has 0 radical (unpaired) electrons. The number of esters is 1.